The fourth-order valence-corrected chi connectivity index (χ4v) is 4.12. The summed E-state index contributed by atoms with van der Waals surface area (Å²) in [4.78, 5) is 12.5. The molecule has 1 amide bonds. The molecule has 0 atom stereocenters. The molecule has 0 spiro atoms. The predicted octanol–water partition coefficient (Wildman–Crippen LogP) is 3.12. The first-order valence-corrected chi connectivity index (χ1v) is 8.38. The molecule has 21 heavy (non-hydrogen) atoms. The second-order valence-corrected chi connectivity index (χ2v) is 8.65. The number of amides is 1. The smallest absolute Gasteiger partial charge is 0.253 e. The Kier molecular flexibility index (Phi) is 4.72. The van der Waals surface area contributed by atoms with E-state index in [1.54, 1.807) is 12.1 Å². The van der Waals surface area contributed by atoms with E-state index in [2.05, 4.69) is 54.3 Å². The van der Waals surface area contributed by atoms with Crippen molar-refractivity contribution in [2.24, 2.45) is 0 Å². The summed E-state index contributed by atoms with van der Waals surface area (Å²) in [6, 6.07) is 5.51. The van der Waals surface area contributed by atoms with Gasteiger partial charge in [-0.05, 0) is 45.9 Å². The van der Waals surface area contributed by atoms with Gasteiger partial charge in [0.25, 0.3) is 5.91 Å². The van der Waals surface area contributed by atoms with Crippen LogP contribution in [0.1, 0.15) is 50.9 Å². The van der Waals surface area contributed by atoms with E-state index < -0.39 is 0 Å². The molecule has 1 aliphatic rings. The number of hydrogen-bond donors (Lipinski definition) is 2. The normalized spacial score (nSPS) is 21.0. The predicted molar refractivity (Wildman–Crippen MR) is 89.7 cm³/mol. The first-order valence-electron chi connectivity index (χ1n) is 7.21. The Morgan fingerprint density at radius 2 is 1.86 bits per heavy atom. The highest BCUT2D eigenvalue weighted by molar-refractivity contribution is 9.10. The maximum absolute atomic E-state index is 12.5. The molecule has 3 nitrogen and oxygen atoms in total. The van der Waals surface area contributed by atoms with E-state index in [1.165, 1.54) is 0 Å². The Balaban J connectivity index is 2.14. The highest BCUT2D eigenvalue weighted by Gasteiger charge is 2.42. The molecule has 3 N–H and O–H groups in total. The molecule has 1 heterocycles. The van der Waals surface area contributed by atoms with Crippen molar-refractivity contribution >= 4 is 33.4 Å². The summed E-state index contributed by atoms with van der Waals surface area (Å²) >= 11 is 9.52. The van der Waals surface area contributed by atoms with E-state index in [0.29, 0.717) is 10.6 Å². The minimum absolute atomic E-state index is 0.0974. The number of rotatable bonds is 2. The molecule has 0 aromatic heterocycles. The molecule has 1 saturated heterocycles. The molecule has 116 valence electrons. The van der Waals surface area contributed by atoms with Gasteiger partial charge in [0.1, 0.15) is 0 Å². The first-order chi connectivity index (χ1) is 9.58. The molecule has 0 unspecified atom stereocenters. The summed E-state index contributed by atoms with van der Waals surface area (Å²) in [5, 5.41) is 6.03. The van der Waals surface area contributed by atoms with E-state index >= 15 is 0 Å². The maximum Gasteiger partial charge on any atom is 0.253 e. The third kappa shape index (κ3) is 4.44. The summed E-state index contributed by atoms with van der Waals surface area (Å²) in [5.41, 5.74) is 0.776. The minimum atomic E-state index is -0.0974. The lowest BCUT2D eigenvalue weighted by Crippen LogP contribution is -3.06. The Labute approximate surface area is 140 Å². The summed E-state index contributed by atoms with van der Waals surface area (Å²) < 4.78 is 0.856. The maximum atomic E-state index is 12.5. The number of benzene rings is 1. The van der Waals surface area contributed by atoms with Gasteiger partial charge in [0.2, 0.25) is 0 Å². The molecular weight excluding hydrogens is 352 g/mol. The van der Waals surface area contributed by atoms with Gasteiger partial charge < -0.3 is 10.6 Å². The van der Waals surface area contributed by atoms with E-state index in [9.17, 15) is 4.79 Å². The molecule has 0 radical (unpaired) electrons. The number of piperidine rings is 1. The second kappa shape index (κ2) is 5.90. The van der Waals surface area contributed by atoms with Crippen molar-refractivity contribution in [3.8, 4) is 0 Å². The van der Waals surface area contributed by atoms with Crippen LogP contribution in [0.15, 0.2) is 22.7 Å². The summed E-state index contributed by atoms with van der Waals surface area (Å²) in [5.74, 6) is -0.0974. The molecule has 0 saturated carbocycles. The molecule has 0 aliphatic carbocycles. The van der Waals surface area contributed by atoms with Gasteiger partial charge in [0.05, 0.1) is 21.7 Å². The van der Waals surface area contributed by atoms with Gasteiger partial charge in [-0.1, -0.05) is 27.5 Å². The van der Waals surface area contributed by atoms with Crippen LogP contribution in [0.4, 0.5) is 0 Å². The van der Waals surface area contributed by atoms with E-state index in [-0.39, 0.29) is 23.0 Å². The molecule has 5 heteroatoms. The van der Waals surface area contributed by atoms with Gasteiger partial charge in [-0.2, -0.15) is 0 Å². The van der Waals surface area contributed by atoms with Gasteiger partial charge >= 0.3 is 0 Å². The summed E-state index contributed by atoms with van der Waals surface area (Å²) in [7, 11) is 0. The quantitative estimate of drug-likeness (QED) is 0.821. The van der Waals surface area contributed by atoms with Gasteiger partial charge in [0, 0.05) is 23.4 Å². The van der Waals surface area contributed by atoms with Crippen LogP contribution in [0.5, 0.6) is 0 Å². The fraction of sp³-hybridized carbons (Fsp3) is 0.562. The summed E-state index contributed by atoms with van der Waals surface area (Å²) in [6.07, 6.45) is 1.90. The van der Waals surface area contributed by atoms with Crippen molar-refractivity contribution in [1.29, 1.82) is 0 Å². The standard InChI is InChI=1S/C16H22BrClN2O/c1-15(2)8-11(9-16(3,4)20-15)19-14(21)12-7-10(17)5-6-13(12)18/h5-7,11,20H,8-9H2,1-4H3,(H,19,21)/p+1. The third-order valence-corrected chi connectivity index (χ3v) is 4.66. The zero-order valence-corrected chi connectivity index (χ0v) is 15.3. The zero-order chi connectivity index (χ0) is 15.8. The van der Waals surface area contributed by atoms with Crippen LogP contribution >= 0.6 is 27.5 Å². The first kappa shape index (κ1) is 16.8. The Hall–Kier alpha value is -0.580. The third-order valence-electron chi connectivity index (χ3n) is 3.83. The van der Waals surface area contributed by atoms with Gasteiger partial charge in [-0.3, -0.25) is 4.79 Å². The van der Waals surface area contributed by atoms with Crippen molar-refractivity contribution < 1.29 is 10.1 Å². The van der Waals surface area contributed by atoms with E-state index in [4.69, 9.17) is 11.6 Å². The number of carbonyl (C=O) groups is 1. The summed E-state index contributed by atoms with van der Waals surface area (Å²) in [6.45, 7) is 8.89. The number of quaternary nitrogens is 1. The zero-order valence-electron chi connectivity index (χ0n) is 13.0. The Morgan fingerprint density at radius 3 is 2.43 bits per heavy atom. The molecule has 1 aliphatic heterocycles. The van der Waals surface area contributed by atoms with E-state index in [1.807, 2.05) is 6.07 Å². The minimum Gasteiger partial charge on any atom is -0.349 e. The Bertz CT molecular complexity index is 541. The lowest BCUT2D eigenvalue weighted by atomic mass is 9.79. The lowest BCUT2D eigenvalue weighted by molar-refractivity contribution is -0.787. The van der Waals surface area contributed by atoms with Crippen LogP contribution in [0, 0.1) is 0 Å². The van der Waals surface area contributed by atoms with Gasteiger partial charge in [0.15, 0.2) is 0 Å². The average Bonchev–Trinajstić information content (AvgIpc) is 2.27. The number of nitrogens with one attached hydrogen (secondary N) is 1. The lowest BCUT2D eigenvalue weighted by Gasteiger charge is -2.43. The monoisotopic (exact) mass is 373 g/mol. The van der Waals surface area contributed by atoms with Crippen molar-refractivity contribution in [3.63, 3.8) is 0 Å². The van der Waals surface area contributed by atoms with Crippen molar-refractivity contribution in [2.45, 2.75) is 57.7 Å². The molecule has 1 fully saturated rings. The van der Waals surface area contributed by atoms with Gasteiger partial charge in [-0.25, -0.2) is 0 Å². The van der Waals surface area contributed by atoms with Crippen molar-refractivity contribution in [2.75, 3.05) is 0 Å². The second-order valence-electron chi connectivity index (χ2n) is 7.32. The van der Waals surface area contributed by atoms with Crippen LogP contribution in [0.25, 0.3) is 0 Å². The average molecular weight is 375 g/mol. The van der Waals surface area contributed by atoms with Crippen LogP contribution < -0.4 is 10.6 Å². The van der Waals surface area contributed by atoms with Crippen LogP contribution in [0.2, 0.25) is 5.02 Å². The fourth-order valence-electron chi connectivity index (χ4n) is 3.55. The van der Waals surface area contributed by atoms with Crippen LogP contribution in [0.3, 0.4) is 0 Å². The largest absolute Gasteiger partial charge is 0.349 e. The van der Waals surface area contributed by atoms with Crippen LogP contribution in [-0.4, -0.2) is 23.0 Å². The van der Waals surface area contributed by atoms with Crippen LogP contribution in [-0.2, 0) is 0 Å². The van der Waals surface area contributed by atoms with Crippen molar-refractivity contribution in [3.05, 3.63) is 33.3 Å². The van der Waals surface area contributed by atoms with E-state index in [0.717, 1.165) is 17.3 Å². The topological polar surface area (TPSA) is 45.7 Å². The number of halogens is 2. The molecule has 1 aromatic carbocycles. The number of carbonyl (C=O) groups excluding carboxylic acids is 1. The SMILES string of the molecule is CC1(C)CC(NC(=O)c2cc(Br)ccc2Cl)CC(C)(C)[NH2+]1. The molecule has 2 rings (SSSR count). The molecule has 0 bridgehead atoms. The van der Waals surface area contributed by atoms with Gasteiger partial charge in [-0.15, -0.1) is 0 Å². The molecule has 1 aromatic rings. The number of hydrogen-bond acceptors (Lipinski definition) is 1. The Morgan fingerprint density at radius 1 is 1.29 bits per heavy atom. The highest BCUT2D eigenvalue weighted by Crippen LogP contribution is 2.24. The van der Waals surface area contributed by atoms with Crippen molar-refractivity contribution in [1.82, 2.24) is 5.32 Å². The number of nitrogens with two attached hydrogens (primary N) is 1. The highest BCUT2D eigenvalue weighted by atomic mass is 79.9. The molecular formula is C16H23BrClN2O+.